The Morgan fingerprint density at radius 1 is 0.276 bits per heavy atom. The molecule has 0 bridgehead atoms. The zero-order valence-corrected chi connectivity index (χ0v) is 31.4. The van der Waals surface area contributed by atoms with Crippen LogP contribution in [0.25, 0.3) is 110 Å². The van der Waals surface area contributed by atoms with Crippen molar-refractivity contribution in [3.05, 3.63) is 206 Å². The fourth-order valence-electron chi connectivity index (χ4n) is 8.91. The Hall–Kier alpha value is -7.82. The van der Waals surface area contributed by atoms with Gasteiger partial charge in [0.1, 0.15) is 0 Å². The van der Waals surface area contributed by atoms with Crippen LogP contribution in [0.1, 0.15) is 0 Å². The Kier molecular flexibility index (Phi) is 7.20. The van der Waals surface area contributed by atoms with Gasteiger partial charge in [-0.25, -0.2) is 9.97 Å². The first-order valence-electron chi connectivity index (χ1n) is 19.7. The largest absolute Gasteiger partial charge is 0.309 e. The standard InChI is InChI=1S/C54H34N4/c1-3-14-37(15-4-1)48-33-49(39-25-23-35-13-7-8-16-38(35)29-39)56-54(55-48)40-26-24-36-27-28-43(31-41(36)30-40)58-51-22-12-10-20-45(51)47-32-46-44-19-9-11-21-50(44)57(52(46)34-53(47)58)42-17-5-2-6-18-42/h1-34H. The number of fused-ring (bicyclic) bond motifs is 8. The molecule has 12 aromatic rings. The second-order valence-electron chi connectivity index (χ2n) is 15.1. The van der Waals surface area contributed by atoms with E-state index in [4.69, 9.17) is 9.97 Å². The predicted octanol–water partition coefficient (Wildman–Crippen LogP) is 14.0. The molecule has 3 heterocycles. The van der Waals surface area contributed by atoms with Crippen LogP contribution in [0.15, 0.2) is 206 Å². The molecular weight excluding hydrogens is 705 g/mol. The lowest BCUT2D eigenvalue weighted by Crippen LogP contribution is -1.97. The van der Waals surface area contributed by atoms with Gasteiger partial charge in [-0.05, 0) is 88.3 Å². The Labute approximate surface area is 334 Å². The van der Waals surface area contributed by atoms with E-state index in [0.29, 0.717) is 5.82 Å². The number of hydrogen-bond acceptors (Lipinski definition) is 2. The number of hydrogen-bond donors (Lipinski definition) is 0. The van der Waals surface area contributed by atoms with Crippen LogP contribution in [0.4, 0.5) is 0 Å². The first kappa shape index (κ1) is 32.4. The van der Waals surface area contributed by atoms with Crippen LogP contribution >= 0.6 is 0 Å². The van der Waals surface area contributed by atoms with Crippen LogP contribution in [0.3, 0.4) is 0 Å². The molecule has 12 rings (SSSR count). The highest BCUT2D eigenvalue weighted by Gasteiger charge is 2.19. The Bertz CT molecular complexity index is 3560. The van der Waals surface area contributed by atoms with E-state index < -0.39 is 0 Å². The molecule has 0 N–H and O–H groups in total. The van der Waals surface area contributed by atoms with Gasteiger partial charge >= 0.3 is 0 Å². The summed E-state index contributed by atoms with van der Waals surface area (Å²) in [6.07, 6.45) is 0. The number of rotatable bonds is 5. The molecule has 0 aliphatic heterocycles. The third-order valence-electron chi connectivity index (χ3n) is 11.7. The molecule has 0 unspecified atom stereocenters. The molecule has 9 aromatic carbocycles. The monoisotopic (exact) mass is 738 g/mol. The molecule has 4 heteroatoms. The minimum atomic E-state index is 0.699. The van der Waals surface area contributed by atoms with Crippen molar-refractivity contribution in [1.82, 2.24) is 19.1 Å². The van der Waals surface area contributed by atoms with Crippen LogP contribution in [-0.4, -0.2) is 19.1 Å². The van der Waals surface area contributed by atoms with E-state index in [2.05, 4.69) is 209 Å². The number of benzene rings is 9. The van der Waals surface area contributed by atoms with Gasteiger partial charge in [0.05, 0.1) is 33.5 Å². The van der Waals surface area contributed by atoms with E-state index in [-0.39, 0.29) is 0 Å². The molecule has 58 heavy (non-hydrogen) atoms. The summed E-state index contributed by atoms with van der Waals surface area (Å²) >= 11 is 0. The lowest BCUT2D eigenvalue weighted by Gasteiger charge is -2.12. The quantitative estimate of drug-likeness (QED) is 0.176. The van der Waals surface area contributed by atoms with E-state index >= 15 is 0 Å². The maximum atomic E-state index is 5.23. The molecule has 0 radical (unpaired) electrons. The smallest absolute Gasteiger partial charge is 0.160 e. The van der Waals surface area contributed by atoms with Crippen molar-refractivity contribution in [1.29, 1.82) is 0 Å². The van der Waals surface area contributed by atoms with Crippen molar-refractivity contribution in [3.63, 3.8) is 0 Å². The Morgan fingerprint density at radius 3 is 1.53 bits per heavy atom. The maximum Gasteiger partial charge on any atom is 0.160 e. The van der Waals surface area contributed by atoms with Gasteiger partial charge in [0, 0.05) is 49.6 Å². The van der Waals surface area contributed by atoms with Gasteiger partial charge < -0.3 is 9.13 Å². The molecule has 0 aliphatic rings. The van der Waals surface area contributed by atoms with Gasteiger partial charge in [-0.3, -0.25) is 0 Å². The lowest BCUT2D eigenvalue weighted by atomic mass is 10.0. The van der Waals surface area contributed by atoms with Crippen LogP contribution in [0.2, 0.25) is 0 Å². The van der Waals surface area contributed by atoms with Crippen molar-refractivity contribution in [3.8, 4) is 45.3 Å². The van der Waals surface area contributed by atoms with Crippen molar-refractivity contribution in [2.24, 2.45) is 0 Å². The molecule has 0 amide bonds. The first-order chi connectivity index (χ1) is 28.7. The normalized spacial score (nSPS) is 11.8. The average molecular weight is 739 g/mol. The zero-order valence-electron chi connectivity index (χ0n) is 31.4. The fourth-order valence-corrected chi connectivity index (χ4v) is 8.91. The van der Waals surface area contributed by atoms with Gasteiger partial charge in [0.15, 0.2) is 5.82 Å². The van der Waals surface area contributed by atoms with Gasteiger partial charge in [0.2, 0.25) is 0 Å². The highest BCUT2D eigenvalue weighted by atomic mass is 15.0. The van der Waals surface area contributed by atoms with Crippen molar-refractivity contribution < 1.29 is 0 Å². The summed E-state index contributed by atoms with van der Waals surface area (Å²) in [7, 11) is 0. The number of nitrogens with zero attached hydrogens (tertiary/aromatic N) is 4. The van der Waals surface area contributed by atoms with Crippen LogP contribution in [0.5, 0.6) is 0 Å². The molecule has 0 atom stereocenters. The SMILES string of the molecule is c1ccc(-c2cc(-c3ccc4ccccc4c3)nc(-c3ccc4ccc(-n5c6ccccc6c6cc7c8ccccc8n(-c8ccccc8)c7cc65)cc4c3)n2)cc1. The second kappa shape index (κ2) is 12.9. The first-order valence-corrected chi connectivity index (χ1v) is 19.7. The van der Waals surface area contributed by atoms with Gasteiger partial charge in [-0.2, -0.15) is 0 Å². The van der Waals surface area contributed by atoms with Crippen LogP contribution in [-0.2, 0) is 0 Å². The molecular formula is C54H34N4. The van der Waals surface area contributed by atoms with E-state index in [1.165, 1.54) is 54.4 Å². The molecule has 0 aliphatic carbocycles. The fraction of sp³-hybridized carbons (Fsp3) is 0. The summed E-state index contributed by atoms with van der Waals surface area (Å²) < 4.78 is 4.82. The van der Waals surface area contributed by atoms with E-state index in [0.717, 1.165) is 50.2 Å². The van der Waals surface area contributed by atoms with E-state index in [1.54, 1.807) is 0 Å². The van der Waals surface area contributed by atoms with Crippen LogP contribution in [0, 0.1) is 0 Å². The Balaban J connectivity index is 1.05. The third-order valence-corrected chi connectivity index (χ3v) is 11.7. The highest BCUT2D eigenvalue weighted by Crippen LogP contribution is 2.40. The average Bonchev–Trinajstić information content (AvgIpc) is 3.80. The summed E-state index contributed by atoms with van der Waals surface area (Å²) in [4.78, 5) is 10.4. The van der Waals surface area contributed by atoms with Gasteiger partial charge in [-0.1, -0.05) is 140 Å². The lowest BCUT2D eigenvalue weighted by molar-refractivity contribution is 1.17. The topological polar surface area (TPSA) is 35.6 Å². The minimum Gasteiger partial charge on any atom is -0.309 e. The summed E-state index contributed by atoms with van der Waals surface area (Å²) in [6.45, 7) is 0. The number of aromatic nitrogens is 4. The summed E-state index contributed by atoms with van der Waals surface area (Å²) in [6, 6.07) is 73.9. The second-order valence-corrected chi connectivity index (χ2v) is 15.1. The van der Waals surface area contributed by atoms with E-state index in [1.807, 2.05) is 6.07 Å². The highest BCUT2D eigenvalue weighted by molar-refractivity contribution is 6.19. The molecule has 0 fully saturated rings. The van der Waals surface area contributed by atoms with Gasteiger partial charge in [-0.15, -0.1) is 0 Å². The van der Waals surface area contributed by atoms with Crippen molar-refractivity contribution >= 4 is 65.2 Å². The maximum absolute atomic E-state index is 5.23. The number of para-hydroxylation sites is 3. The minimum absolute atomic E-state index is 0.699. The molecule has 270 valence electrons. The summed E-state index contributed by atoms with van der Waals surface area (Å²) in [5.41, 5.74) is 11.9. The third kappa shape index (κ3) is 5.16. The van der Waals surface area contributed by atoms with Crippen molar-refractivity contribution in [2.75, 3.05) is 0 Å². The van der Waals surface area contributed by atoms with Crippen molar-refractivity contribution in [2.45, 2.75) is 0 Å². The predicted molar refractivity (Wildman–Crippen MR) is 242 cm³/mol. The summed E-state index contributed by atoms with van der Waals surface area (Å²) in [5, 5.41) is 9.65. The van der Waals surface area contributed by atoms with E-state index in [9.17, 15) is 0 Å². The Morgan fingerprint density at radius 2 is 0.810 bits per heavy atom. The molecule has 0 saturated carbocycles. The zero-order chi connectivity index (χ0) is 38.2. The molecule has 0 saturated heterocycles. The van der Waals surface area contributed by atoms with Gasteiger partial charge in [0.25, 0.3) is 0 Å². The molecule has 4 nitrogen and oxygen atoms in total. The molecule has 0 spiro atoms. The molecule has 3 aromatic heterocycles. The summed E-state index contributed by atoms with van der Waals surface area (Å²) in [5.74, 6) is 0.699. The van der Waals surface area contributed by atoms with Crippen LogP contribution < -0.4 is 0 Å².